The van der Waals surface area contributed by atoms with Crippen molar-refractivity contribution in [1.29, 1.82) is 0 Å². The number of carbonyl (C=O) groups is 1. The Bertz CT molecular complexity index is 887. The van der Waals surface area contributed by atoms with E-state index in [1.807, 2.05) is 6.92 Å². The van der Waals surface area contributed by atoms with Gasteiger partial charge in [-0.05, 0) is 51.0 Å². The first kappa shape index (κ1) is 19.1. The largest absolute Gasteiger partial charge is 0.322 e. The third-order valence-corrected chi connectivity index (χ3v) is 5.58. The van der Waals surface area contributed by atoms with Crippen LogP contribution in [-0.4, -0.2) is 20.4 Å². The van der Waals surface area contributed by atoms with Crippen molar-refractivity contribution in [2.45, 2.75) is 38.6 Å². The van der Waals surface area contributed by atoms with Crippen LogP contribution < -0.4 is 10.0 Å². The van der Waals surface area contributed by atoms with E-state index < -0.39 is 27.8 Å². The summed E-state index contributed by atoms with van der Waals surface area (Å²) in [4.78, 5) is 12.3. The number of para-hydroxylation sites is 1. The van der Waals surface area contributed by atoms with Crippen LogP contribution >= 0.6 is 0 Å². The highest BCUT2D eigenvalue weighted by Crippen LogP contribution is 2.22. The van der Waals surface area contributed by atoms with Gasteiger partial charge < -0.3 is 5.32 Å². The van der Waals surface area contributed by atoms with Crippen molar-refractivity contribution in [1.82, 2.24) is 4.72 Å². The fourth-order valence-electron chi connectivity index (χ4n) is 2.74. The number of hydrogen-bond acceptors (Lipinski definition) is 3. The average Bonchev–Trinajstić information content (AvgIpc) is 2.47. The number of aryl methyl sites for hydroxylation is 3. The van der Waals surface area contributed by atoms with Crippen molar-refractivity contribution in [3.8, 4) is 0 Å². The Labute approximate surface area is 147 Å². The van der Waals surface area contributed by atoms with Gasteiger partial charge in [0.15, 0.2) is 0 Å². The van der Waals surface area contributed by atoms with Crippen molar-refractivity contribution in [2.75, 3.05) is 5.32 Å². The highest BCUT2D eigenvalue weighted by molar-refractivity contribution is 7.89. The van der Waals surface area contributed by atoms with Crippen LogP contribution in [0.4, 0.5) is 10.1 Å². The molecule has 2 aromatic rings. The molecule has 0 radical (unpaired) electrons. The second-order valence-electron chi connectivity index (χ2n) is 6.04. The van der Waals surface area contributed by atoms with Crippen LogP contribution in [0.3, 0.4) is 0 Å². The van der Waals surface area contributed by atoms with E-state index in [2.05, 4.69) is 10.0 Å². The van der Waals surface area contributed by atoms with Crippen molar-refractivity contribution >= 4 is 21.6 Å². The number of benzene rings is 2. The van der Waals surface area contributed by atoms with Crippen LogP contribution in [0.2, 0.25) is 0 Å². The maximum absolute atomic E-state index is 13.6. The summed E-state index contributed by atoms with van der Waals surface area (Å²) in [6, 6.07) is 8.17. The molecule has 2 rings (SSSR count). The fraction of sp³-hybridized carbons (Fsp3) is 0.278. The summed E-state index contributed by atoms with van der Waals surface area (Å²) in [6.45, 7) is 6.71. The second-order valence-corrected chi connectivity index (χ2v) is 7.69. The van der Waals surface area contributed by atoms with Gasteiger partial charge >= 0.3 is 0 Å². The van der Waals surface area contributed by atoms with Gasteiger partial charge in [-0.3, -0.25) is 4.79 Å². The minimum atomic E-state index is -3.89. The predicted molar refractivity (Wildman–Crippen MR) is 95.5 cm³/mol. The molecule has 1 amide bonds. The number of nitrogens with one attached hydrogen (secondary N) is 2. The molecule has 134 valence electrons. The number of anilines is 1. The van der Waals surface area contributed by atoms with Gasteiger partial charge in [-0.25, -0.2) is 12.8 Å². The Hall–Kier alpha value is -2.25. The first-order chi connectivity index (χ1) is 11.6. The van der Waals surface area contributed by atoms with Gasteiger partial charge in [0.1, 0.15) is 5.82 Å². The van der Waals surface area contributed by atoms with E-state index >= 15 is 0 Å². The highest BCUT2D eigenvalue weighted by Gasteiger charge is 2.25. The molecule has 0 fully saturated rings. The monoisotopic (exact) mass is 364 g/mol. The minimum Gasteiger partial charge on any atom is -0.322 e. The van der Waals surface area contributed by atoms with Crippen LogP contribution in [0.1, 0.15) is 23.6 Å². The summed E-state index contributed by atoms with van der Waals surface area (Å²) < 4.78 is 41.3. The van der Waals surface area contributed by atoms with Gasteiger partial charge in [-0.1, -0.05) is 29.8 Å². The Morgan fingerprint density at radius 2 is 1.64 bits per heavy atom. The first-order valence-corrected chi connectivity index (χ1v) is 9.25. The molecule has 0 heterocycles. The smallest absolute Gasteiger partial charge is 0.242 e. The van der Waals surface area contributed by atoms with E-state index in [1.54, 1.807) is 32.0 Å². The van der Waals surface area contributed by atoms with Crippen molar-refractivity contribution in [3.05, 3.63) is 58.9 Å². The summed E-state index contributed by atoms with van der Waals surface area (Å²) >= 11 is 0. The molecular weight excluding hydrogens is 343 g/mol. The van der Waals surface area contributed by atoms with Gasteiger partial charge in [0.25, 0.3) is 0 Å². The van der Waals surface area contributed by atoms with Gasteiger partial charge in [-0.15, -0.1) is 0 Å². The van der Waals surface area contributed by atoms with Crippen LogP contribution in [0, 0.1) is 26.6 Å². The topological polar surface area (TPSA) is 75.3 Å². The predicted octanol–water partition coefficient (Wildman–Crippen LogP) is 3.06. The molecule has 0 aliphatic heterocycles. The van der Waals surface area contributed by atoms with E-state index in [1.165, 1.54) is 25.1 Å². The van der Waals surface area contributed by atoms with Gasteiger partial charge in [0.05, 0.1) is 16.6 Å². The molecule has 0 spiro atoms. The number of amides is 1. The third kappa shape index (κ3) is 4.43. The zero-order chi connectivity index (χ0) is 18.8. The number of sulfonamides is 1. The zero-order valence-corrected chi connectivity index (χ0v) is 15.4. The SMILES string of the molecule is Cc1cc(C)c(S(=O)(=O)NC(C)C(=O)Nc2ccccc2F)c(C)c1. The molecule has 7 heteroatoms. The molecule has 0 bridgehead atoms. The van der Waals surface area contributed by atoms with Crippen molar-refractivity contribution in [3.63, 3.8) is 0 Å². The fourth-order valence-corrected chi connectivity index (χ4v) is 4.40. The molecule has 25 heavy (non-hydrogen) atoms. The van der Waals surface area contributed by atoms with Gasteiger partial charge in [-0.2, -0.15) is 4.72 Å². The van der Waals surface area contributed by atoms with E-state index in [0.29, 0.717) is 11.1 Å². The molecular formula is C18H21FN2O3S. The quantitative estimate of drug-likeness (QED) is 0.856. The van der Waals surface area contributed by atoms with Crippen LogP contribution in [-0.2, 0) is 14.8 Å². The van der Waals surface area contributed by atoms with E-state index in [9.17, 15) is 17.6 Å². The molecule has 1 unspecified atom stereocenters. The maximum Gasteiger partial charge on any atom is 0.242 e. The Balaban J connectivity index is 2.20. The lowest BCUT2D eigenvalue weighted by molar-refractivity contribution is -0.117. The molecule has 1 atom stereocenters. The summed E-state index contributed by atoms with van der Waals surface area (Å²) in [6.07, 6.45) is 0. The molecule has 0 aliphatic rings. The lowest BCUT2D eigenvalue weighted by Gasteiger charge is -2.17. The molecule has 2 aromatic carbocycles. The van der Waals surface area contributed by atoms with Crippen LogP contribution in [0.5, 0.6) is 0 Å². The molecule has 0 saturated carbocycles. The standard InChI is InChI=1S/C18H21FN2O3S/c1-11-9-12(2)17(13(3)10-11)25(23,24)21-14(4)18(22)20-16-8-6-5-7-15(16)19/h5-10,14,21H,1-4H3,(H,20,22). The maximum atomic E-state index is 13.6. The first-order valence-electron chi connectivity index (χ1n) is 7.77. The van der Waals surface area contributed by atoms with Crippen LogP contribution in [0.15, 0.2) is 41.3 Å². The molecule has 2 N–H and O–H groups in total. The summed E-state index contributed by atoms with van der Waals surface area (Å²) in [5.74, 6) is -1.23. The van der Waals surface area contributed by atoms with Gasteiger partial charge in [0.2, 0.25) is 15.9 Å². The molecule has 0 saturated heterocycles. The van der Waals surface area contributed by atoms with Crippen molar-refractivity contribution < 1.29 is 17.6 Å². The van der Waals surface area contributed by atoms with Gasteiger partial charge in [0, 0.05) is 0 Å². The summed E-state index contributed by atoms with van der Waals surface area (Å²) in [5.41, 5.74) is 2.17. The van der Waals surface area contributed by atoms with Crippen LogP contribution in [0.25, 0.3) is 0 Å². The highest BCUT2D eigenvalue weighted by atomic mass is 32.2. The molecule has 0 aromatic heterocycles. The number of carbonyl (C=O) groups excluding carboxylic acids is 1. The normalized spacial score (nSPS) is 12.7. The van der Waals surface area contributed by atoms with E-state index in [0.717, 1.165) is 5.56 Å². The Morgan fingerprint density at radius 3 is 2.20 bits per heavy atom. The Kier molecular flexibility index (Phi) is 5.59. The minimum absolute atomic E-state index is 0.00115. The summed E-state index contributed by atoms with van der Waals surface area (Å²) in [5, 5.41) is 2.38. The lowest BCUT2D eigenvalue weighted by Crippen LogP contribution is -2.42. The third-order valence-electron chi connectivity index (χ3n) is 3.73. The number of hydrogen-bond donors (Lipinski definition) is 2. The molecule has 0 aliphatic carbocycles. The zero-order valence-electron chi connectivity index (χ0n) is 14.6. The second kappa shape index (κ2) is 7.33. The number of halogens is 1. The molecule has 5 nitrogen and oxygen atoms in total. The Morgan fingerprint density at radius 1 is 1.08 bits per heavy atom. The van der Waals surface area contributed by atoms with Crippen molar-refractivity contribution in [2.24, 2.45) is 0 Å². The van der Waals surface area contributed by atoms with E-state index in [4.69, 9.17) is 0 Å². The summed E-state index contributed by atoms with van der Waals surface area (Å²) in [7, 11) is -3.89. The number of rotatable bonds is 5. The van der Waals surface area contributed by atoms with E-state index in [-0.39, 0.29) is 10.6 Å². The lowest BCUT2D eigenvalue weighted by atomic mass is 10.1. The average molecular weight is 364 g/mol.